The van der Waals surface area contributed by atoms with Crippen LogP contribution in [0.3, 0.4) is 0 Å². The van der Waals surface area contributed by atoms with E-state index < -0.39 is 6.04 Å². The minimum atomic E-state index is -0.404. The largest absolute Gasteiger partial charge is 1.00 e. The number of rotatable bonds is 7. The van der Waals surface area contributed by atoms with Gasteiger partial charge in [-0.3, -0.25) is 4.79 Å². The van der Waals surface area contributed by atoms with Gasteiger partial charge in [0.1, 0.15) is 18.0 Å². The summed E-state index contributed by atoms with van der Waals surface area (Å²) in [6.07, 6.45) is 5.61. The van der Waals surface area contributed by atoms with E-state index in [1.807, 2.05) is 125 Å². The van der Waals surface area contributed by atoms with E-state index in [2.05, 4.69) is 12.1 Å². The van der Waals surface area contributed by atoms with E-state index in [4.69, 9.17) is 4.42 Å². The molecule has 0 aliphatic heterocycles. The molecule has 39 heavy (non-hydrogen) atoms. The molecule has 5 nitrogen and oxygen atoms in total. The second-order valence-corrected chi connectivity index (χ2v) is 9.24. The number of benzene rings is 4. The highest BCUT2D eigenvalue weighted by Crippen LogP contribution is 2.26. The Hall–Kier alpha value is -4.55. The first-order valence-electron chi connectivity index (χ1n) is 12.5. The van der Waals surface area contributed by atoms with Crippen LogP contribution in [-0.4, -0.2) is 10.4 Å². The third kappa shape index (κ3) is 5.52. The molecular weight excluding hydrogens is 552 g/mol. The van der Waals surface area contributed by atoms with E-state index in [9.17, 15) is 9.59 Å². The lowest BCUT2D eigenvalue weighted by molar-refractivity contribution is -0.682. The number of carbonyl (C=O) groups excluding carboxylic acids is 1. The smallest absolute Gasteiger partial charge is 0.344 e. The average Bonchev–Trinajstić information content (AvgIpc) is 3.42. The molecule has 6 rings (SSSR count). The highest BCUT2D eigenvalue weighted by Gasteiger charge is 2.26. The molecule has 0 bridgehead atoms. The maximum atomic E-state index is 13.1. The van der Waals surface area contributed by atoms with Crippen molar-refractivity contribution >= 4 is 16.8 Å². The maximum absolute atomic E-state index is 13.1. The van der Waals surface area contributed by atoms with Gasteiger partial charge in [-0.15, -0.1) is 0 Å². The summed E-state index contributed by atoms with van der Waals surface area (Å²) in [7, 11) is 0. The van der Waals surface area contributed by atoms with Crippen LogP contribution in [-0.2, 0) is 6.54 Å². The lowest BCUT2D eigenvalue weighted by Gasteiger charge is -2.14. The van der Waals surface area contributed by atoms with Crippen LogP contribution in [0.2, 0.25) is 0 Å². The van der Waals surface area contributed by atoms with Crippen molar-refractivity contribution < 1.29 is 30.8 Å². The Balaban J connectivity index is 0.00000308. The second kappa shape index (κ2) is 11.5. The molecule has 0 spiro atoms. The summed E-state index contributed by atoms with van der Waals surface area (Å²) in [5.41, 5.74) is 4.48. The zero-order valence-corrected chi connectivity index (χ0v) is 22.6. The molecule has 4 aromatic carbocycles. The number of para-hydroxylation sites is 1. The van der Waals surface area contributed by atoms with Crippen molar-refractivity contribution in [2.75, 3.05) is 0 Å². The van der Waals surface area contributed by atoms with Crippen molar-refractivity contribution in [3.63, 3.8) is 0 Å². The molecule has 6 heteroatoms. The van der Waals surface area contributed by atoms with E-state index in [1.54, 1.807) is 6.07 Å². The normalized spacial score (nSPS) is 11.6. The van der Waals surface area contributed by atoms with Crippen molar-refractivity contribution in [3.05, 3.63) is 161 Å². The maximum Gasteiger partial charge on any atom is 0.344 e. The molecular formula is C33H25BrN2O3. The lowest BCUT2D eigenvalue weighted by atomic mass is 9.99. The number of nitrogens with zero attached hydrogens (tertiary/aromatic N) is 2. The van der Waals surface area contributed by atoms with Crippen molar-refractivity contribution in [3.8, 4) is 11.1 Å². The zero-order valence-electron chi connectivity index (χ0n) is 21.0. The molecule has 6 aromatic rings. The summed E-state index contributed by atoms with van der Waals surface area (Å²) < 4.78 is 9.44. The first kappa shape index (κ1) is 26.1. The van der Waals surface area contributed by atoms with Gasteiger partial charge >= 0.3 is 5.63 Å². The Kier molecular flexibility index (Phi) is 7.66. The van der Waals surface area contributed by atoms with Crippen molar-refractivity contribution in [1.82, 2.24) is 4.57 Å². The Bertz CT molecular complexity index is 1780. The minimum Gasteiger partial charge on any atom is -1.00 e. The SMILES string of the molecule is O=C(C[n+]1ccn(C(c2ccccc2)c2cc3ccccc3oc2=O)c1)c1ccc(-c2ccccc2)cc1.[Br-]. The summed E-state index contributed by atoms with van der Waals surface area (Å²) in [4.78, 5) is 26.2. The van der Waals surface area contributed by atoms with Gasteiger partial charge in [0.2, 0.25) is 12.1 Å². The van der Waals surface area contributed by atoms with E-state index in [1.165, 1.54) is 0 Å². The number of carbonyl (C=O) groups is 1. The van der Waals surface area contributed by atoms with Crippen LogP contribution in [0.5, 0.6) is 0 Å². The highest BCUT2D eigenvalue weighted by atomic mass is 79.9. The van der Waals surface area contributed by atoms with Crippen LogP contribution in [0.15, 0.2) is 143 Å². The summed E-state index contributed by atoms with van der Waals surface area (Å²) in [6.45, 7) is 0.186. The van der Waals surface area contributed by atoms with Crippen LogP contribution >= 0.6 is 0 Å². The predicted molar refractivity (Wildman–Crippen MR) is 147 cm³/mol. The van der Waals surface area contributed by atoms with Gasteiger partial charge in [-0.05, 0) is 23.3 Å². The van der Waals surface area contributed by atoms with E-state index in [-0.39, 0.29) is 34.9 Å². The topological polar surface area (TPSA) is 56.1 Å². The molecule has 0 aliphatic carbocycles. The standard InChI is InChI=1S/C33H25N2O3.BrH/c36-30(26-17-15-25(16-18-26)24-9-3-1-4-10-24)22-34-19-20-35(23-34)32(27-11-5-2-6-12-27)29-21-28-13-7-8-14-31(28)38-33(29)37;/h1-21,23,32H,22H2;1H/q+1;/p-1. The summed E-state index contributed by atoms with van der Waals surface area (Å²) >= 11 is 0. The van der Waals surface area contributed by atoms with E-state index in [0.29, 0.717) is 16.7 Å². The minimum absolute atomic E-state index is 0. The molecule has 1 unspecified atom stereocenters. The zero-order chi connectivity index (χ0) is 25.9. The number of ketones is 1. The fourth-order valence-electron chi connectivity index (χ4n) is 4.81. The Morgan fingerprint density at radius 2 is 1.44 bits per heavy atom. The van der Waals surface area contributed by atoms with Crippen LogP contribution in [0.4, 0.5) is 0 Å². The van der Waals surface area contributed by atoms with Gasteiger partial charge in [0.25, 0.3) is 0 Å². The second-order valence-electron chi connectivity index (χ2n) is 9.24. The fourth-order valence-corrected chi connectivity index (χ4v) is 4.81. The Morgan fingerprint density at radius 3 is 2.18 bits per heavy atom. The molecule has 0 aliphatic rings. The van der Waals surface area contributed by atoms with Crippen LogP contribution in [0.25, 0.3) is 22.1 Å². The van der Waals surface area contributed by atoms with Crippen LogP contribution in [0.1, 0.15) is 27.5 Å². The van der Waals surface area contributed by atoms with Gasteiger partial charge in [0.15, 0.2) is 12.6 Å². The first-order chi connectivity index (χ1) is 18.7. The number of hydrogen-bond acceptors (Lipinski definition) is 3. The number of halogens is 1. The lowest BCUT2D eigenvalue weighted by Crippen LogP contribution is -3.00. The molecule has 192 valence electrons. The molecule has 0 fully saturated rings. The molecule has 0 saturated heterocycles. The molecule has 0 N–H and O–H groups in total. The summed E-state index contributed by atoms with van der Waals surface area (Å²) in [5.74, 6) is 0.00819. The number of fused-ring (bicyclic) bond motifs is 1. The van der Waals surface area contributed by atoms with Gasteiger partial charge in [0, 0.05) is 16.5 Å². The van der Waals surface area contributed by atoms with Crippen molar-refractivity contribution in [2.45, 2.75) is 12.6 Å². The highest BCUT2D eigenvalue weighted by molar-refractivity contribution is 5.95. The van der Waals surface area contributed by atoms with Gasteiger partial charge in [-0.2, -0.15) is 0 Å². The number of hydrogen-bond donors (Lipinski definition) is 0. The third-order valence-electron chi connectivity index (χ3n) is 6.73. The molecule has 2 heterocycles. The molecule has 0 saturated carbocycles. The molecule has 1 atom stereocenters. The summed E-state index contributed by atoms with van der Waals surface area (Å²) in [6, 6.07) is 36.6. The van der Waals surface area contributed by atoms with Gasteiger partial charge in [-0.1, -0.05) is 103 Å². The quantitative estimate of drug-likeness (QED) is 0.167. The van der Waals surface area contributed by atoms with Gasteiger partial charge < -0.3 is 21.4 Å². The molecule has 0 amide bonds. The van der Waals surface area contributed by atoms with E-state index in [0.717, 1.165) is 22.1 Å². The fraction of sp³-hybridized carbons (Fsp3) is 0.0606. The van der Waals surface area contributed by atoms with Gasteiger partial charge in [-0.25, -0.2) is 13.9 Å². The predicted octanol–water partition coefficient (Wildman–Crippen LogP) is 3.07. The number of Topliss-reactive ketones (excluding diaryl/α,β-unsaturated/α-hetero) is 1. The first-order valence-corrected chi connectivity index (χ1v) is 12.5. The molecule has 0 radical (unpaired) electrons. The van der Waals surface area contributed by atoms with E-state index >= 15 is 0 Å². The monoisotopic (exact) mass is 576 g/mol. The van der Waals surface area contributed by atoms with Crippen molar-refractivity contribution in [1.29, 1.82) is 0 Å². The number of aromatic nitrogens is 2. The molecule has 2 aromatic heterocycles. The average molecular weight is 577 g/mol. The van der Waals surface area contributed by atoms with Crippen LogP contribution < -0.4 is 27.2 Å². The third-order valence-corrected chi connectivity index (χ3v) is 6.73. The Labute approximate surface area is 236 Å². The number of imidazole rings is 1. The van der Waals surface area contributed by atoms with Gasteiger partial charge in [0.05, 0.1) is 5.56 Å². The Morgan fingerprint density at radius 1 is 0.795 bits per heavy atom. The van der Waals surface area contributed by atoms with Crippen LogP contribution in [0, 0.1) is 0 Å². The van der Waals surface area contributed by atoms with Crippen molar-refractivity contribution in [2.24, 2.45) is 0 Å². The summed E-state index contributed by atoms with van der Waals surface area (Å²) in [5, 5.41) is 0.859.